The topological polar surface area (TPSA) is 77.9 Å². The lowest BCUT2D eigenvalue weighted by Crippen LogP contribution is -2.52. The first-order chi connectivity index (χ1) is 7.59. The van der Waals surface area contributed by atoms with Crippen LogP contribution >= 0.6 is 0 Å². The van der Waals surface area contributed by atoms with Crippen LogP contribution in [0.5, 0.6) is 0 Å². The number of hydrogen-bond donors (Lipinski definition) is 1. The first-order valence-electron chi connectivity index (χ1n) is 5.40. The molecule has 1 aliphatic carbocycles. The van der Waals surface area contributed by atoms with Gasteiger partial charge in [0.15, 0.2) is 0 Å². The van der Waals surface area contributed by atoms with Gasteiger partial charge in [0.2, 0.25) is 5.91 Å². The standard InChI is InChI=1S/C10H14N2O4/c13-8(7-1-2-7)11-3-5-12(6-4-11)9(14)10(15)16/h7H,1-6H2,(H,15,16). The second-order valence-electron chi connectivity index (χ2n) is 4.20. The van der Waals surface area contributed by atoms with E-state index in [9.17, 15) is 14.4 Å². The summed E-state index contributed by atoms with van der Waals surface area (Å²) in [6.45, 7) is 1.55. The molecule has 2 amide bonds. The van der Waals surface area contributed by atoms with E-state index in [1.54, 1.807) is 4.90 Å². The molecule has 0 bridgehead atoms. The van der Waals surface area contributed by atoms with E-state index >= 15 is 0 Å². The quantitative estimate of drug-likeness (QED) is 0.591. The average Bonchev–Trinajstić information content (AvgIpc) is 3.11. The van der Waals surface area contributed by atoms with Crippen LogP contribution in [0, 0.1) is 5.92 Å². The lowest BCUT2D eigenvalue weighted by Gasteiger charge is -2.33. The van der Waals surface area contributed by atoms with Gasteiger partial charge in [0.1, 0.15) is 0 Å². The lowest BCUT2D eigenvalue weighted by molar-refractivity contribution is -0.157. The van der Waals surface area contributed by atoms with Crippen LogP contribution in [0.1, 0.15) is 12.8 Å². The van der Waals surface area contributed by atoms with Gasteiger partial charge in [-0.15, -0.1) is 0 Å². The Bertz CT molecular complexity index is 330. The molecule has 2 fully saturated rings. The highest BCUT2D eigenvalue weighted by Gasteiger charge is 2.35. The normalized spacial score (nSPS) is 20.8. The van der Waals surface area contributed by atoms with Crippen molar-refractivity contribution in [2.24, 2.45) is 5.92 Å². The Kier molecular flexibility index (Phi) is 2.80. The third-order valence-corrected chi connectivity index (χ3v) is 2.99. The highest BCUT2D eigenvalue weighted by molar-refractivity contribution is 6.31. The van der Waals surface area contributed by atoms with Gasteiger partial charge in [0, 0.05) is 32.1 Å². The lowest BCUT2D eigenvalue weighted by atomic mass is 10.2. The maximum Gasteiger partial charge on any atom is 0.394 e. The van der Waals surface area contributed by atoms with Crippen molar-refractivity contribution in [3.05, 3.63) is 0 Å². The van der Waals surface area contributed by atoms with Crippen LogP contribution in [0.3, 0.4) is 0 Å². The van der Waals surface area contributed by atoms with Crippen molar-refractivity contribution in [3.8, 4) is 0 Å². The van der Waals surface area contributed by atoms with E-state index < -0.39 is 11.9 Å². The minimum atomic E-state index is -1.43. The first kappa shape index (κ1) is 10.9. The number of carbonyl (C=O) groups excluding carboxylic acids is 2. The fraction of sp³-hybridized carbons (Fsp3) is 0.700. The number of piperazine rings is 1. The summed E-state index contributed by atoms with van der Waals surface area (Å²) in [6.07, 6.45) is 1.93. The third-order valence-electron chi connectivity index (χ3n) is 2.99. The Morgan fingerprint density at radius 3 is 1.88 bits per heavy atom. The van der Waals surface area contributed by atoms with Crippen LogP contribution in [0.15, 0.2) is 0 Å². The van der Waals surface area contributed by atoms with Gasteiger partial charge < -0.3 is 14.9 Å². The summed E-state index contributed by atoms with van der Waals surface area (Å²) >= 11 is 0. The largest absolute Gasteiger partial charge is 0.474 e. The van der Waals surface area contributed by atoms with Crippen molar-refractivity contribution in [2.75, 3.05) is 26.2 Å². The molecule has 88 valence electrons. The van der Waals surface area contributed by atoms with E-state index in [1.807, 2.05) is 0 Å². The van der Waals surface area contributed by atoms with E-state index in [-0.39, 0.29) is 11.8 Å². The van der Waals surface area contributed by atoms with Gasteiger partial charge in [-0.2, -0.15) is 0 Å². The van der Waals surface area contributed by atoms with Gasteiger partial charge in [-0.3, -0.25) is 9.59 Å². The van der Waals surface area contributed by atoms with Crippen LogP contribution in [-0.2, 0) is 14.4 Å². The zero-order valence-electron chi connectivity index (χ0n) is 8.89. The number of amides is 2. The van der Waals surface area contributed by atoms with Crippen molar-refractivity contribution < 1.29 is 19.5 Å². The molecule has 0 spiro atoms. The Morgan fingerprint density at radius 1 is 0.938 bits per heavy atom. The molecule has 2 rings (SSSR count). The predicted molar refractivity (Wildman–Crippen MR) is 53.5 cm³/mol. The number of carboxylic acids is 1. The van der Waals surface area contributed by atoms with Crippen LogP contribution in [0.25, 0.3) is 0 Å². The van der Waals surface area contributed by atoms with E-state index in [0.29, 0.717) is 26.2 Å². The van der Waals surface area contributed by atoms with Crippen LogP contribution < -0.4 is 0 Å². The molecule has 1 saturated heterocycles. The SMILES string of the molecule is O=C(O)C(=O)N1CCN(C(=O)C2CC2)CC1. The van der Waals surface area contributed by atoms with E-state index in [0.717, 1.165) is 12.8 Å². The number of hydrogen-bond acceptors (Lipinski definition) is 3. The van der Waals surface area contributed by atoms with Crippen molar-refractivity contribution in [1.29, 1.82) is 0 Å². The van der Waals surface area contributed by atoms with Gasteiger partial charge in [-0.25, -0.2) is 4.79 Å². The van der Waals surface area contributed by atoms with Gasteiger partial charge in [-0.1, -0.05) is 0 Å². The Morgan fingerprint density at radius 2 is 1.44 bits per heavy atom. The van der Waals surface area contributed by atoms with Gasteiger partial charge in [0.05, 0.1) is 0 Å². The molecule has 0 radical (unpaired) electrons. The van der Waals surface area contributed by atoms with Crippen molar-refractivity contribution in [2.45, 2.75) is 12.8 Å². The number of carboxylic acid groups (broad SMARTS) is 1. The number of nitrogens with zero attached hydrogens (tertiary/aromatic N) is 2. The molecule has 1 N–H and O–H groups in total. The summed E-state index contributed by atoms with van der Waals surface area (Å²) in [5.74, 6) is -1.97. The Balaban J connectivity index is 1.84. The molecule has 0 aromatic carbocycles. The molecule has 0 atom stereocenters. The average molecular weight is 226 g/mol. The van der Waals surface area contributed by atoms with Crippen molar-refractivity contribution in [3.63, 3.8) is 0 Å². The van der Waals surface area contributed by atoms with Gasteiger partial charge >= 0.3 is 11.9 Å². The third kappa shape index (κ3) is 2.15. The van der Waals surface area contributed by atoms with E-state index in [2.05, 4.69) is 0 Å². The highest BCUT2D eigenvalue weighted by Crippen LogP contribution is 2.31. The fourth-order valence-corrected chi connectivity index (χ4v) is 1.85. The molecule has 6 nitrogen and oxygen atoms in total. The first-order valence-corrected chi connectivity index (χ1v) is 5.40. The van der Waals surface area contributed by atoms with Crippen LogP contribution in [0.4, 0.5) is 0 Å². The maximum absolute atomic E-state index is 11.7. The summed E-state index contributed by atoms with van der Waals surface area (Å²) in [6, 6.07) is 0. The monoisotopic (exact) mass is 226 g/mol. The molecule has 0 unspecified atom stereocenters. The smallest absolute Gasteiger partial charge is 0.394 e. The van der Waals surface area contributed by atoms with Crippen molar-refractivity contribution in [1.82, 2.24) is 9.80 Å². The van der Waals surface area contributed by atoms with E-state index in [4.69, 9.17) is 5.11 Å². The fourth-order valence-electron chi connectivity index (χ4n) is 1.85. The summed E-state index contributed by atoms with van der Waals surface area (Å²) in [5.41, 5.74) is 0. The Labute approximate surface area is 92.8 Å². The maximum atomic E-state index is 11.7. The number of rotatable bonds is 1. The second kappa shape index (κ2) is 4.11. The second-order valence-corrected chi connectivity index (χ2v) is 4.20. The highest BCUT2D eigenvalue weighted by atomic mass is 16.4. The minimum absolute atomic E-state index is 0.155. The zero-order valence-corrected chi connectivity index (χ0v) is 8.89. The predicted octanol–water partition coefficient (Wildman–Crippen LogP) is -0.848. The van der Waals surface area contributed by atoms with Crippen LogP contribution in [0.2, 0.25) is 0 Å². The van der Waals surface area contributed by atoms with Crippen molar-refractivity contribution >= 4 is 17.8 Å². The van der Waals surface area contributed by atoms with Crippen LogP contribution in [-0.4, -0.2) is 58.9 Å². The minimum Gasteiger partial charge on any atom is -0.474 e. The molecule has 16 heavy (non-hydrogen) atoms. The summed E-state index contributed by atoms with van der Waals surface area (Å²) < 4.78 is 0. The molecule has 1 heterocycles. The molecule has 1 saturated carbocycles. The number of carbonyl (C=O) groups is 3. The summed E-state index contributed by atoms with van der Waals surface area (Å²) in [7, 11) is 0. The molecule has 1 aliphatic heterocycles. The summed E-state index contributed by atoms with van der Waals surface area (Å²) in [5, 5.41) is 8.54. The molecular formula is C10H14N2O4. The summed E-state index contributed by atoms with van der Waals surface area (Å²) in [4.78, 5) is 36.3. The zero-order chi connectivity index (χ0) is 11.7. The van der Waals surface area contributed by atoms with Gasteiger partial charge in [0.25, 0.3) is 0 Å². The number of aliphatic carboxylic acids is 1. The van der Waals surface area contributed by atoms with E-state index in [1.165, 1.54) is 4.90 Å². The molecular weight excluding hydrogens is 212 g/mol. The Hall–Kier alpha value is -1.59. The molecule has 0 aromatic rings. The molecule has 2 aliphatic rings. The molecule has 0 aromatic heterocycles. The molecule has 6 heteroatoms. The van der Waals surface area contributed by atoms with Gasteiger partial charge in [-0.05, 0) is 12.8 Å².